The number of rotatable bonds is 3. The zero-order chi connectivity index (χ0) is 26.3. The summed E-state index contributed by atoms with van der Waals surface area (Å²) in [6.07, 6.45) is -2.19. The zero-order valence-electron chi connectivity index (χ0n) is 20.4. The van der Waals surface area contributed by atoms with Crippen molar-refractivity contribution in [2.75, 3.05) is 36.0 Å². The van der Waals surface area contributed by atoms with Gasteiger partial charge in [0.15, 0.2) is 0 Å². The fourth-order valence-electron chi connectivity index (χ4n) is 4.67. The number of piperidine rings is 1. The number of anilines is 3. The molecule has 1 fully saturated rings. The zero-order valence-corrected chi connectivity index (χ0v) is 21.2. The smallest absolute Gasteiger partial charge is 0.420 e. The van der Waals surface area contributed by atoms with Gasteiger partial charge in [0.25, 0.3) is 0 Å². The van der Waals surface area contributed by atoms with Crippen LogP contribution in [0.25, 0.3) is 0 Å². The number of carbonyl (C=O) groups excluding carboxylic acids is 1. The van der Waals surface area contributed by atoms with Gasteiger partial charge < -0.3 is 9.64 Å². The molecule has 3 heterocycles. The first-order valence-electron chi connectivity index (χ1n) is 11.8. The second-order valence-electron chi connectivity index (χ2n) is 10.3. The number of carbonyl (C=O) groups is 1. The van der Waals surface area contributed by atoms with E-state index in [0.717, 1.165) is 5.56 Å². The van der Waals surface area contributed by atoms with E-state index in [1.165, 1.54) is 21.9 Å². The number of nitrogens with zero attached hydrogens (tertiary/aromatic N) is 4. The summed E-state index contributed by atoms with van der Waals surface area (Å²) in [5.41, 5.74) is 0.708. The Hall–Kier alpha value is -2.59. The van der Waals surface area contributed by atoms with Crippen molar-refractivity contribution in [3.63, 3.8) is 0 Å². The Labute approximate surface area is 212 Å². The van der Waals surface area contributed by atoms with Gasteiger partial charge in [-0.05, 0) is 64.8 Å². The molecular weight excluding hydrogens is 500 g/mol. The van der Waals surface area contributed by atoms with Crippen LogP contribution in [0.2, 0.25) is 5.02 Å². The number of likely N-dealkylation sites (tertiary alicyclic amines) is 1. The lowest BCUT2D eigenvalue weighted by Gasteiger charge is -2.36. The molecule has 1 aromatic heterocycles. The third kappa shape index (κ3) is 6.21. The van der Waals surface area contributed by atoms with Crippen LogP contribution >= 0.6 is 11.6 Å². The lowest BCUT2D eigenvalue weighted by molar-refractivity contribution is -0.148. The van der Waals surface area contributed by atoms with Gasteiger partial charge in [-0.3, -0.25) is 4.90 Å². The van der Waals surface area contributed by atoms with Crippen molar-refractivity contribution in [2.45, 2.75) is 51.9 Å². The van der Waals surface area contributed by atoms with Gasteiger partial charge >= 0.3 is 12.3 Å². The largest absolute Gasteiger partial charge is 0.443 e. The van der Waals surface area contributed by atoms with Crippen molar-refractivity contribution in [3.8, 4) is 0 Å². The van der Waals surface area contributed by atoms with Gasteiger partial charge in [0.1, 0.15) is 17.2 Å². The molecule has 0 aliphatic carbocycles. The number of hydrogen-bond donors (Lipinski definition) is 0. The van der Waals surface area contributed by atoms with Crippen molar-refractivity contribution in [1.29, 1.82) is 0 Å². The minimum Gasteiger partial charge on any atom is -0.443 e. The number of benzene rings is 1. The maximum atomic E-state index is 14.7. The Kier molecular flexibility index (Phi) is 7.39. The molecule has 0 atom stereocenters. The Morgan fingerprint density at radius 1 is 1.17 bits per heavy atom. The molecule has 1 aromatic carbocycles. The molecule has 4 rings (SSSR count). The average molecular weight is 529 g/mol. The summed E-state index contributed by atoms with van der Waals surface area (Å²) in [6.45, 7) is 5.86. The molecule has 36 heavy (non-hydrogen) atoms. The van der Waals surface area contributed by atoms with Crippen LogP contribution in [0.1, 0.15) is 39.2 Å². The molecular formula is C25H29ClF4N4O2. The van der Waals surface area contributed by atoms with E-state index in [9.17, 15) is 22.4 Å². The van der Waals surface area contributed by atoms with Crippen molar-refractivity contribution in [2.24, 2.45) is 5.92 Å². The quantitative estimate of drug-likeness (QED) is 0.423. The Morgan fingerprint density at radius 3 is 2.50 bits per heavy atom. The summed E-state index contributed by atoms with van der Waals surface area (Å²) in [6, 6.07) is 6.27. The van der Waals surface area contributed by atoms with Crippen LogP contribution in [-0.4, -0.2) is 53.9 Å². The molecule has 0 unspecified atom stereocenters. The molecule has 0 saturated carbocycles. The van der Waals surface area contributed by atoms with Gasteiger partial charge in [0.05, 0.1) is 22.9 Å². The molecule has 11 heteroatoms. The van der Waals surface area contributed by atoms with E-state index in [-0.39, 0.29) is 16.6 Å². The molecule has 196 valence electrons. The molecule has 1 saturated heterocycles. The van der Waals surface area contributed by atoms with Crippen molar-refractivity contribution < 1.29 is 27.1 Å². The number of halogens is 5. The summed E-state index contributed by atoms with van der Waals surface area (Å²) >= 11 is 6.17. The lowest BCUT2D eigenvalue weighted by atomic mass is 9.95. The SMILES string of the molecule is CC(C)(C)OC(=O)N1c2cc(F)c(Cl)cc2N(CC2CCN(CC(F)(F)F)CC2)Cc2cccnc21. The number of hydrogen-bond acceptors (Lipinski definition) is 5. The van der Waals surface area contributed by atoms with E-state index in [0.29, 0.717) is 50.5 Å². The Balaban J connectivity index is 1.68. The molecule has 0 spiro atoms. The first kappa shape index (κ1) is 26.5. The van der Waals surface area contributed by atoms with Crippen LogP contribution in [0.5, 0.6) is 0 Å². The van der Waals surface area contributed by atoms with E-state index in [1.54, 1.807) is 33.0 Å². The van der Waals surface area contributed by atoms with E-state index in [4.69, 9.17) is 16.3 Å². The van der Waals surface area contributed by atoms with Crippen molar-refractivity contribution in [3.05, 3.63) is 46.9 Å². The molecule has 2 aliphatic rings. The highest BCUT2D eigenvalue weighted by molar-refractivity contribution is 6.31. The molecule has 0 N–H and O–H groups in total. The van der Waals surface area contributed by atoms with Crippen LogP contribution in [0, 0.1) is 11.7 Å². The monoisotopic (exact) mass is 528 g/mol. The van der Waals surface area contributed by atoms with Gasteiger partial charge in [-0.25, -0.2) is 19.1 Å². The number of amides is 1. The van der Waals surface area contributed by atoms with Crippen LogP contribution in [-0.2, 0) is 11.3 Å². The van der Waals surface area contributed by atoms with Gasteiger partial charge in [0, 0.05) is 30.9 Å². The second kappa shape index (κ2) is 10.0. The minimum absolute atomic E-state index is 0.0956. The van der Waals surface area contributed by atoms with E-state index in [2.05, 4.69) is 4.98 Å². The number of aromatic nitrogens is 1. The number of alkyl halides is 3. The summed E-state index contributed by atoms with van der Waals surface area (Å²) in [5.74, 6) is -0.250. The predicted octanol–water partition coefficient (Wildman–Crippen LogP) is 6.54. The van der Waals surface area contributed by atoms with Crippen molar-refractivity contribution >= 4 is 34.9 Å². The Bertz CT molecular complexity index is 1110. The third-order valence-electron chi connectivity index (χ3n) is 6.20. The second-order valence-corrected chi connectivity index (χ2v) is 10.7. The maximum Gasteiger partial charge on any atom is 0.420 e. The Morgan fingerprint density at radius 2 is 1.86 bits per heavy atom. The summed E-state index contributed by atoms with van der Waals surface area (Å²) in [4.78, 5) is 22.4. The van der Waals surface area contributed by atoms with E-state index in [1.807, 2.05) is 11.0 Å². The average Bonchev–Trinajstić information content (AvgIpc) is 2.88. The van der Waals surface area contributed by atoms with Crippen LogP contribution < -0.4 is 9.80 Å². The highest BCUT2D eigenvalue weighted by atomic mass is 35.5. The third-order valence-corrected chi connectivity index (χ3v) is 6.49. The van der Waals surface area contributed by atoms with Gasteiger partial charge in [-0.15, -0.1) is 0 Å². The molecule has 1 amide bonds. The number of ether oxygens (including phenoxy) is 1. The van der Waals surface area contributed by atoms with Crippen LogP contribution in [0.3, 0.4) is 0 Å². The first-order chi connectivity index (χ1) is 16.8. The summed E-state index contributed by atoms with van der Waals surface area (Å²) in [7, 11) is 0. The molecule has 6 nitrogen and oxygen atoms in total. The summed E-state index contributed by atoms with van der Waals surface area (Å²) < 4.78 is 58.7. The van der Waals surface area contributed by atoms with Crippen LogP contribution in [0.4, 0.5) is 39.5 Å². The summed E-state index contributed by atoms with van der Waals surface area (Å²) in [5, 5.41) is -0.0956. The topological polar surface area (TPSA) is 48.9 Å². The first-order valence-corrected chi connectivity index (χ1v) is 12.2. The van der Waals surface area contributed by atoms with Gasteiger partial charge in [-0.1, -0.05) is 17.7 Å². The standard InChI is InChI=1S/C25H29ClF4N4O2/c1-24(2,3)36-23(35)34-21-12-19(27)18(26)11-20(21)33(14-17-5-4-8-31-22(17)34)13-16-6-9-32(10-7-16)15-25(28,29)30/h4-5,8,11-12,16H,6-7,9-10,13-15H2,1-3H3. The van der Waals surface area contributed by atoms with Gasteiger partial charge in [0.2, 0.25) is 0 Å². The van der Waals surface area contributed by atoms with Gasteiger partial charge in [-0.2, -0.15) is 13.2 Å². The molecule has 2 aliphatic heterocycles. The van der Waals surface area contributed by atoms with E-state index < -0.39 is 30.2 Å². The van der Waals surface area contributed by atoms with Crippen LogP contribution in [0.15, 0.2) is 30.5 Å². The fourth-order valence-corrected chi connectivity index (χ4v) is 4.82. The van der Waals surface area contributed by atoms with E-state index >= 15 is 0 Å². The number of pyridine rings is 1. The lowest BCUT2D eigenvalue weighted by Crippen LogP contribution is -2.42. The predicted molar refractivity (Wildman–Crippen MR) is 130 cm³/mol. The number of fused-ring (bicyclic) bond motifs is 2. The molecule has 0 radical (unpaired) electrons. The minimum atomic E-state index is -4.22. The van der Waals surface area contributed by atoms with Crippen molar-refractivity contribution in [1.82, 2.24) is 9.88 Å². The normalized spacial score (nSPS) is 17.4. The fraction of sp³-hybridized carbons (Fsp3) is 0.520. The highest BCUT2D eigenvalue weighted by Crippen LogP contribution is 2.43. The maximum absolute atomic E-state index is 14.7. The highest BCUT2D eigenvalue weighted by Gasteiger charge is 2.36. The molecule has 0 bridgehead atoms. The molecule has 2 aromatic rings.